The predicted octanol–water partition coefficient (Wildman–Crippen LogP) is 2.68. The summed E-state index contributed by atoms with van der Waals surface area (Å²) in [6.45, 7) is 3.10. The zero-order valence-corrected chi connectivity index (χ0v) is 14.6. The number of piperidine rings is 1. The highest BCUT2D eigenvalue weighted by Crippen LogP contribution is 2.39. The Balaban J connectivity index is 1.36. The van der Waals surface area contributed by atoms with E-state index in [4.69, 9.17) is 4.74 Å². The van der Waals surface area contributed by atoms with E-state index in [1.807, 2.05) is 11.9 Å². The minimum Gasteiger partial charge on any atom is -0.374 e. The van der Waals surface area contributed by atoms with Gasteiger partial charge < -0.3 is 9.64 Å². The van der Waals surface area contributed by atoms with Gasteiger partial charge in [-0.15, -0.1) is 0 Å². The van der Waals surface area contributed by atoms with Gasteiger partial charge in [-0.25, -0.2) is 0 Å². The van der Waals surface area contributed by atoms with Crippen LogP contribution in [0.2, 0.25) is 0 Å². The summed E-state index contributed by atoms with van der Waals surface area (Å²) in [4.78, 5) is 17.5. The number of hydrogen-bond donors (Lipinski definition) is 0. The van der Waals surface area contributed by atoms with E-state index in [1.165, 1.54) is 12.0 Å². The van der Waals surface area contributed by atoms with Crippen LogP contribution in [0.1, 0.15) is 37.7 Å². The third kappa shape index (κ3) is 3.22. The van der Waals surface area contributed by atoms with E-state index >= 15 is 0 Å². The first-order valence-electron chi connectivity index (χ1n) is 9.39. The average Bonchev–Trinajstić information content (AvgIpc) is 3.25. The summed E-state index contributed by atoms with van der Waals surface area (Å²) in [5.74, 6) is 0.423. The molecule has 4 rings (SSSR count). The maximum absolute atomic E-state index is 12.9. The third-order valence-corrected chi connectivity index (χ3v) is 6.05. The molecule has 24 heavy (non-hydrogen) atoms. The molecule has 130 valence electrons. The Morgan fingerprint density at radius 2 is 2.08 bits per heavy atom. The first kappa shape index (κ1) is 16.1. The second kappa shape index (κ2) is 6.85. The Morgan fingerprint density at radius 3 is 2.79 bits per heavy atom. The van der Waals surface area contributed by atoms with E-state index in [2.05, 4.69) is 35.2 Å². The third-order valence-electron chi connectivity index (χ3n) is 6.05. The zero-order chi connectivity index (χ0) is 16.5. The lowest BCUT2D eigenvalue weighted by atomic mass is 9.87. The lowest BCUT2D eigenvalue weighted by Crippen LogP contribution is -2.50. The normalized spacial score (nSPS) is 32.9. The van der Waals surface area contributed by atoms with Crippen LogP contribution in [0, 0.1) is 5.92 Å². The number of hydrogen-bond acceptors (Lipinski definition) is 3. The molecule has 0 aromatic heterocycles. The lowest BCUT2D eigenvalue weighted by Gasteiger charge is -2.39. The number of carbonyl (C=O) groups excluding carboxylic acids is 1. The van der Waals surface area contributed by atoms with Crippen LogP contribution in [0.3, 0.4) is 0 Å². The van der Waals surface area contributed by atoms with Gasteiger partial charge >= 0.3 is 0 Å². The summed E-state index contributed by atoms with van der Waals surface area (Å²) in [6.07, 6.45) is 5.98. The van der Waals surface area contributed by atoms with E-state index < -0.39 is 0 Å². The average molecular weight is 328 g/mol. The van der Waals surface area contributed by atoms with Crippen molar-refractivity contribution in [3.05, 3.63) is 35.9 Å². The quantitative estimate of drug-likeness (QED) is 0.852. The van der Waals surface area contributed by atoms with Crippen LogP contribution in [0.4, 0.5) is 0 Å². The van der Waals surface area contributed by atoms with Crippen molar-refractivity contribution in [2.45, 2.75) is 56.9 Å². The minimum atomic E-state index is 0.109. The molecule has 3 aliphatic heterocycles. The molecule has 0 radical (unpaired) electrons. The fourth-order valence-electron chi connectivity index (χ4n) is 4.67. The molecule has 2 bridgehead atoms. The van der Waals surface area contributed by atoms with Crippen molar-refractivity contribution in [2.24, 2.45) is 5.92 Å². The molecule has 3 heterocycles. The van der Waals surface area contributed by atoms with Gasteiger partial charge in [0.2, 0.25) is 5.91 Å². The van der Waals surface area contributed by atoms with Crippen molar-refractivity contribution in [1.29, 1.82) is 0 Å². The number of amides is 1. The molecule has 4 heteroatoms. The van der Waals surface area contributed by atoms with Gasteiger partial charge in [0.1, 0.15) is 0 Å². The van der Waals surface area contributed by atoms with Crippen molar-refractivity contribution in [3.8, 4) is 0 Å². The summed E-state index contributed by atoms with van der Waals surface area (Å²) < 4.78 is 5.89. The molecule has 0 aliphatic carbocycles. The molecule has 3 aliphatic rings. The van der Waals surface area contributed by atoms with Gasteiger partial charge in [0.15, 0.2) is 0 Å². The fraction of sp³-hybridized carbons (Fsp3) is 0.650. The molecule has 0 spiro atoms. The van der Waals surface area contributed by atoms with Gasteiger partial charge in [0.25, 0.3) is 0 Å². The van der Waals surface area contributed by atoms with Crippen molar-refractivity contribution in [3.63, 3.8) is 0 Å². The molecule has 1 aromatic carbocycles. The van der Waals surface area contributed by atoms with Crippen LogP contribution in [0.15, 0.2) is 30.3 Å². The molecule has 1 amide bonds. The Hall–Kier alpha value is -1.39. The van der Waals surface area contributed by atoms with E-state index in [1.54, 1.807) is 0 Å². The lowest BCUT2D eigenvalue weighted by molar-refractivity contribution is -0.139. The topological polar surface area (TPSA) is 32.8 Å². The number of likely N-dealkylation sites (N-methyl/N-ethyl adjacent to an activating group) is 1. The van der Waals surface area contributed by atoms with Gasteiger partial charge in [-0.05, 0) is 44.2 Å². The summed E-state index contributed by atoms with van der Waals surface area (Å²) >= 11 is 0. The maximum Gasteiger partial charge on any atom is 0.228 e. The molecule has 3 saturated heterocycles. The Bertz CT molecular complexity index is 576. The first-order valence-corrected chi connectivity index (χ1v) is 9.39. The Morgan fingerprint density at radius 1 is 1.25 bits per heavy atom. The molecule has 3 fully saturated rings. The van der Waals surface area contributed by atoms with E-state index in [-0.39, 0.29) is 12.0 Å². The number of benzene rings is 1. The smallest absolute Gasteiger partial charge is 0.228 e. The van der Waals surface area contributed by atoms with Gasteiger partial charge in [0, 0.05) is 26.2 Å². The Kier molecular flexibility index (Phi) is 4.59. The van der Waals surface area contributed by atoms with Crippen LogP contribution in [-0.4, -0.2) is 54.1 Å². The van der Waals surface area contributed by atoms with E-state index in [0.29, 0.717) is 18.1 Å². The molecular formula is C20H28N2O2. The van der Waals surface area contributed by atoms with Gasteiger partial charge in [-0.2, -0.15) is 0 Å². The second-order valence-electron chi connectivity index (χ2n) is 7.68. The summed E-state index contributed by atoms with van der Waals surface area (Å²) in [5.41, 5.74) is 1.36. The predicted molar refractivity (Wildman–Crippen MR) is 93.5 cm³/mol. The highest BCUT2D eigenvalue weighted by Gasteiger charge is 2.46. The highest BCUT2D eigenvalue weighted by atomic mass is 16.5. The van der Waals surface area contributed by atoms with Crippen molar-refractivity contribution in [2.75, 3.05) is 20.1 Å². The summed E-state index contributed by atoms with van der Waals surface area (Å²) in [7, 11) is 2.00. The first-order chi connectivity index (χ1) is 11.7. The van der Waals surface area contributed by atoms with Crippen molar-refractivity contribution in [1.82, 2.24) is 9.80 Å². The van der Waals surface area contributed by atoms with Crippen LogP contribution in [-0.2, 0) is 16.1 Å². The standard InChI is InChI=1S/C20H28N2O2/c1-21(20(23)18-12-17-9-10-19(18)24-17)16-8-5-11-22(14-16)13-15-6-3-2-4-7-15/h2-4,6-7,16-19H,5,8-14H2,1H3/t16-,17-,18+,19-/m1/s1. The minimum absolute atomic E-state index is 0.109. The molecule has 0 unspecified atom stereocenters. The van der Waals surface area contributed by atoms with Gasteiger partial charge in [-0.3, -0.25) is 9.69 Å². The van der Waals surface area contributed by atoms with Crippen LogP contribution < -0.4 is 0 Å². The molecule has 4 nitrogen and oxygen atoms in total. The van der Waals surface area contributed by atoms with E-state index in [0.717, 1.165) is 45.3 Å². The summed E-state index contributed by atoms with van der Waals surface area (Å²) in [5, 5.41) is 0. The zero-order valence-electron chi connectivity index (χ0n) is 14.6. The van der Waals surface area contributed by atoms with Crippen molar-refractivity contribution < 1.29 is 9.53 Å². The molecular weight excluding hydrogens is 300 g/mol. The highest BCUT2D eigenvalue weighted by molar-refractivity contribution is 5.80. The molecule has 0 saturated carbocycles. The van der Waals surface area contributed by atoms with Gasteiger partial charge in [0.05, 0.1) is 18.1 Å². The Labute approximate surface area is 144 Å². The van der Waals surface area contributed by atoms with Crippen LogP contribution >= 0.6 is 0 Å². The maximum atomic E-state index is 12.9. The van der Waals surface area contributed by atoms with Crippen LogP contribution in [0.25, 0.3) is 0 Å². The number of nitrogens with zero attached hydrogens (tertiary/aromatic N) is 2. The summed E-state index contributed by atoms with van der Waals surface area (Å²) in [6, 6.07) is 11.0. The second-order valence-corrected chi connectivity index (χ2v) is 7.68. The van der Waals surface area contributed by atoms with Gasteiger partial charge in [-0.1, -0.05) is 30.3 Å². The molecule has 4 atom stereocenters. The molecule has 0 N–H and O–H groups in total. The fourth-order valence-corrected chi connectivity index (χ4v) is 4.67. The van der Waals surface area contributed by atoms with E-state index in [9.17, 15) is 4.79 Å². The number of rotatable bonds is 4. The number of likely N-dealkylation sites (tertiary alicyclic amines) is 1. The number of fused-ring (bicyclic) bond motifs is 2. The molecule has 1 aromatic rings. The van der Waals surface area contributed by atoms with Crippen LogP contribution in [0.5, 0.6) is 0 Å². The monoisotopic (exact) mass is 328 g/mol. The van der Waals surface area contributed by atoms with Crippen molar-refractivity contribution >= 4 is 5.91 Å². The largest absolute Gasteiger partial charge is 0.374 e. The number of carbonyl (C=O) groups is 1. The number of ether oxygens (including phenoxy) is 1. The SMILES string of the molecule is CN(C(=O)[C@H]1C[C@H]2CC[C@H]1O2)[C@@H]1CCCN(Cc2ccccc2)C1.